The van der Waals surface area contributed by atoms with Gasteiger partial charge < -0.3 is 9.64 Å². The zero-order valence-electron chi connectivity index (χ0n) is 13.0. The molecule has 0 aliphatic rings. The molecule has 1 amide bonds. The normalized spacial score (nSPS) is 10.4. The lowest BCUT2D eigenvalue weighted by Gasteiger charge is -2.20. The molecular weight excluding hydrogens is 444 g/mol. The molecule has 0 radical (unpaired) electrons. The lowest BCUT2D eigenvalue weighted by Crippen LogP contribution is -2.21. The van der Waals surface area contributed by atoms with Crippen molar-refractivity contribution in [2.45, 2.75) is 19.9 Å². The van der Waals surface area contributed by atoms with Crippen LogP contribution >= 0.6 is 43.4 Å². The van der Waals surface area contributed by atoms with Crippen molar-refractivity contribution >= 4 is 60.9 Å². The van der Waals surface area contributed by atoms with E-state index in [1.165, 1.54) is 8.80 Å². The Morgan fingerprint density at radius 3 is 2.39 bits per heavy atom. The molecule has 124 valence electrons. The van der Waals surface area contributed by atoms with Gasteiger partial charge in [0, 0.05) is 17.6 Å². The molecule has 7 heteroatoms. The van der Waals surface area contributed by atoms with Crippen LogP contribution in [0.5, 0.6) is 0 Å². The van der Waals surface area contributed by atoms with Gasteiger partial charge >= 0.3 is 6.09 Å². The number of amides is 1. The molecule has 0 spiro atoms. The largest absolute Gasteiger partial charge is 0.449 e. The standard InChI is InChI=1S/C16H18Br2N2O2S/c1-3-10-22-16(21)20(18)13-6-4-12(5-7-13)19(2)11-14-8-9-15(17)23-14/h4-9H,3,10-11H2,1-2H3. The number of carbonyl (C=O) groups excluding carboxylic acids is 1. The van der Waals surface area contributed by atoms with E-state index in [1.807, 2.05) is 38.2 Å². The SMILES string of the molecule is CCCOC(=O)N(Br)c1ccc(N(C)Cc2ccc(Br)s2)cc1. The van der Waals surface area contributed by atoms with E-state index in [4.69, 9.17) is 4.74 Å². The Balaban J connectivity index is 1.99. The fourth-order valence-electron chi connectivity index (χ4n) is 1.95. The van der Waals surface area contributed by atoms with Crippen LogP contribution in [0.15, 0.2) is 40.2 Å². The maximum atomic E-state index is 11.8. The molecule has 2 rings (SSSR count). The number of hydrogen-bond donors (Lipinski definition) is 0. The summed E-state index contributed by atoms with van der Waals surface area (Å²) in [4.78, 5) is 15.3. The second kappa shape index (κ2) is 8.70. The van der Waals surface area contributed by atoms with Crippen molar-refractivity contribution in [3.05, 3.63) is 45.1 Å². The molecule has 0 atom stereocenters. The van der Waals surface area contributed by atoms with Gasteiger partial charge in [-0.3, -0.25) is 0 Å². The van der Waals surface area contributed by atoms with Gasteiger partial charge in [-0.05, 0) is 58.7 Å². The maximum Gasteiger partial charge on any atom is 0.424 e. The van der Waals surface area contributed by atoms with Gasteiger partial charge in [0.1, 0.15) is 0 Å². The van der Waals surface area contributed by atoms with Crippen LogP contribution in [0, 0.1) is 0 Å². The van der Waals surface area contributed by atoms with Crippen molar-refractivity contribution in [3.63, 3.8) is 0 Å². The fraction of sp³-hybridized carbons (Fsp3) is 0.312. The Hall–Kier alpha value is -1.05. The summed E-state index contributed by atoms with van der Waals surface area (Å²) in [5.74, 6) is 0. The van der Waals surface area contributed by atoms with Crippen LogP contribution in [0.25, 0.3) is 0 Å². The lowest BCUT2D eigenvalue weighted by molar-refractivity contribution is 0.159. The van der Waals surface area contributed by atoms with Crippen molar-refractivity contribution in [3.8, 4) is 0 Å². The monoisotopic (exact) mass is 460 g/mol. The number of thiophene rings is 1. The van der Waals surface area contributed by atoms with Gasteiger partial charge in [-0.25, -0.2) is 8.72 Å². The van der Waals surface area contributed by atoms with Gasteiger partial charge in [-0.2, -0.15) is 0 Å². The number of hydrogen-bond acceptors (Lipinski definition) is 4. The van der Waals surface area contributed by atoms with E-state index in [0.717, 1.165) is 28.1 Å². The lowest BCUT2D eigenvalue weighted by atomic mass is 10.2. The first kappa shape index (κ1) is 18.3. The number of benzene rings is 1. The minimum atomic E-state index is -0.406. The third kappa shape index (κ3) is 5.22. The van der Waals surface area contributed by atoms with Gasteiger partial charge in [0.05, 0.1) is 38.8 Å². The van der Waals surface area contributed by atoms with Crippen LogP contribution in [-0.2, 0) is 11.3 Å². The van der Waals surface area contributed by atoms with E-state index in [1.54, 1.807) is 11.3 Å². The number of rotatable bonds is 6. The molecule has 0 bridgehead atoms. The van der Waals surface area contributed by atoms with E-state index < -0.39 is 6.09 Å². The quantitative estimate of drug-likeness (QED) is 0.508. The summed E-state index contributed by atoms with van der Waals surface area (Å²) in [6, 6.07) is 11.9. The predicted octanol–water partition coefficient (Wildman–Crippen LogP) is 5.81. The van der Waals surface area contributed by atoms with Gasteiger partial charge in [-0.15, -0.1) is 11.3 Å². The second-order valence-corrected chi connectivity index (χ2v) is 8.23. The fourth-order valence-corrected chi connectivity index (χ4v) is 3.83. The molecule has 1 aromatic heterocycles. The summed E-state index contributed by atoms with van der Waals surface area (Å²) in [6.07, 6.45) is 0.395. The average molecular weight is 462 g/mol. The third-order valence-electron chi connectivity index (χ3n) is 3.13. The van der Waals surface area contributed by atoms with E-state index in [0.29, 0.717) is 6.61 Å². The molecule has 2 aromatic rings. The van der Waals surface area contributed by atoms with Gasteiger partial charge in [0.15, 0.2) is 0 Å². The molecule has 4 nitrogen and oxygen atoms in total. The number of ether oxygens (including phenoxy) is 1. The molecular formula is C16H18Br2N2O2S. The van der Waals surface area contributed by atoms with E-state index >= 15 is 0 Å². The van der Waals surface area contributed by atoms with Crippen LogP contribution in [-0.4, -0.2) is 19.7 Å². The number of halogens is 2. The molecule has 0 N–H and O–H groups in total. The Morgan fingerprint density at radius 1 is 1.17 bits per heavy atom. The van der Waals surface area contributed by atoms with E-state index in [2.05, 4.69) is 49.1 Å². The van der Waals surface area contributed by atoms with Crippen LogP contribution in [0.4, 0.5) is 16.2 Å². The highest BCUT2D eigenvalue weighted by Gasteiger charge is 2.14. The highest BCUT2D eigenvalue weighted by atomic mass is 79.9. The van der Waals surface area contributed by atoms with Crippen molar-refractivity contribution in [2.75, 3.05) is 22.5 Å². The van der Waals surface area contributed by atoms with E-state index in [-0.39, 0.29) is 0 Å². The Bertz CT molecular complexity index is 646. The number of anilines is 2. The van der Waals surface area contributed by atoms with Crippen LogP contribution in [0.3, 0.4) is 0 Å². The molecule has 1 heterocycles. The molecule has 23 heavy (non-hydrogen) atoms. The van der Waals surface area contributed by atoms with Gasteiger partial charge in [0.25, 0.3) is 0 Å². The summed E-state index contributed by atoms with van der Waals surface area (Å²) in [7, 11) is 2.05. The molecule has 0 unspecified atom stereocenters. The van der Waals surface area contributed by atoms with Crippen LogP contribution < -0.4 is 8.83 Å². The zero-order chi connectivity index (χ0) is 16.8. The summed E-state index contributed by atoms with van der Waals surface area (Å²) >= 11 is 8.45. The van der Waals surface area contributed by atoms with Crippen molar-refractivity contribution in [1.29, 1.82) is 0 Å². The molecule has 0 fully saturated rings. The topological polar surface area (TPSA) is 32.8 Å². The second-order valence-electron chi connectivity index (χ2n) is 4.97. The minimum Gasteiger partial charge on any atom is -0.449 e. The highest BCUT2D eigenvalue weighted by molar-refractivity contribution is 9.11. The average Bonchev–Trinajstić information content (AvgIpc) is 2.96. The number of carbonyl (C=O) groups is 1. The summed E-state index contributed by atoms with van der Waals surface area (Å²) in [6.45, 7) is 3.22. The Kier molecular flexibility index (Phi) is 6.92. The maximum absolute atomic E-state index is 11.8. The van der Waals surface area contributed by atoms with Crippen molar-refractivity contribution in [1.82, 2.24) is 0 Å². The molecule has 0 saturated heterocycles. The first-order chi connectivity index (χ1) is 11.0. The Labute approximate surface area is 157 Å². The third-order valence-corrected chi connectivity index (χ3v) is 5.44. The first-order valence-electron chi connectivity index (χ1n) is 7.19. The van der Waals surface area contributed by atoms with E-state index in [9.17, 15) is 4.79 Å². The Morgan fingerprint density at radius 2 is 1.83 bits per heavy atom. The highest BCUT2D eigenvalue weighted by Crippen LogP contribution is 2.27. The number of nitrogens with zero attached hydrogens (tertiary/aromatic N) is 2. The first-order valence-corrected chi connectivity index (χ1v) is 9.51. The molecule has 1 aromatic carbocycles. The molecule has 0 saturated carbocycles. The minimum absolute atomic E-state index is 0.406. The van der Waals surface area contributed by atoms with Crippen LogP contribution in [0.2, 0.25) is 0 Å². The smallest absolute Gasteiger partial charge is 0.424 e. The summed E-state index contributed by atoms with van der Waals surface area (Å²) in [5.41, 5.74) is 1.82. The zero-order valence-corrected chi connectivity index (χ0v) is 16.9. The van der Waals surface area contributed by atoms with Crippen molar-refractivity contribution in [2.24, 2.45) is 0 Å². The van der Waals surface area contributed by atoms with Gasteiger partial charge in [0.2, 0.25) is 0 Å². The summed E-state index contributed by atoms with van der Waals surface area (Å²) < 4.78 is 7.57. The van der Waals surface area contributed by atoms with Crippen molar-refractivity contribution < 1.29 is 9.53 Å². The molecule has 0 aliphatic heterocycles. The molecule has 0 aliphatic carbocycles. The van der Waals surface area contributed by atoms with Gasteiger partial charge in [-0.1, -0.05) is 6.92 Å². The summed E-state index contributed by atoms with van der Waals surface area (Å²) in [5, 5.41) is 0. The predicted molar refractivity (Wildman–Crippen MR) is 104 cm³/mol. The van der Waals surface area contributed by atoms with Crippen LogP contribution in [0.1, 0.15) is 18.2 Å².